The Balaban J connectivity index is 0.00000280. The number of nitrogens with one attached hydrogen (secondary N) is 2. The molecule has 2 N–H and O–H groups in total. The van der Waals surface area contributed by atoms with Crippen LogP contribution in [0.1, 0.15) is 18.1 Å². The van der Waals surface area contributed by atoms with E-state index in [0.29, 0.717) is 6.54 Å². The number of nitrogens with zero attached hydrogens (tertiary/aromatic N) is 3. The second-order valence-corrected chi connectivity index (χ2v) is 6.13. The number of aliphatic imine (C=N–C) groups is 1. The molecule has 1 aromatic heterocycles. The van der Waals surface area contributed by atoms with E-state index in [0.717, 1.165) is 42.3 Å². The predicted molar refractivity (Wildman–Crippen MR) is 122 cm³/mol. The van der Waals surface area contributed by atoms with Crippen molar-refractivity contribution >= 4 is 29.9 Å². The molecule has 28 heavy (non-hydrogen) atoms. The lowest BCUT2D eigenvalue weighted by Gasteiger charge is -2.10. The molecule has 0 radical (unpaired) electrons. The van der Waals surface area contributed by atoms with Gasteiger partial charge in [0.15, 0.2) is 5.96 Å². The Hall–Kier alpha value is -2.42. The van der Waals surface area contributed by atoms with E-state index in [2.05, 4.69) is 20.7 Å². The van der Waals surface area contributed by atoms with E-state index >= 15 is 0 Å². The highest BCUT2D eigenvalue weighted by Crippen LogP contribution is 2.08. The molecule has 0 aliphatic carbocycles. The van der Waals surface area contributed by atoms with Gasteiger partial charge in [-0.2, -0.15) is 5.10 Å². The number of para-hydroxylation sites is 1. The minimum Gasteiger partial charge on any atom is -0.357 e. The number of halogens is 2. The maximum Gasteiger partial charge on any atom is 0.191 e. The molecule has 3 rings (SSSR count). The summed E-state index contributed by atoms with van der Waals surface area (Å²) in [5, 5.41) is 10.9. The van der Waals surface area contributed by atoms with E-state index in [1.807, 2.05) is 60.4 Å². The Morgan fingerprint density at radius 3 is 2.64 bits per heavy atom. The van der Waals surface area contributed by atoms with Crippen LogP contribution in [0.3, 0.4) is 0 Å². The lowest BCUT2D eigenvalue weighted by molar-refractivity contribution is 0.625. The molecule has 0 atom stereocenters. The summed E-state index contributed by atoms with van der Waals surface area (Å²) in [5.41, 5.74) is 3.03. The molecule has 0 aliphatic heterocycles. The second kappa shape index (κ2) is 11.4. The molecule has 5 nitrogen and oxygen atoms in total. The molecule has 0 fully saturated rings. The van der Waals surface area contributed by atoms with E-state index in [1.165, 1.54) is 12.1 Å². The zero-order chi connectivity index (χ0) is 18.9. The summed E-state index contributed by atoms with van der Waals surface area (Å²) in [4.78, 5) is 4.52. The average molecular weight is 493 g/mol. The summed E-state index contributed by atoms with van der Waals surface area (Å²) in [6.07, 6.45) is 4.75. The first-order valence-corrected chi connectivity index (χ1v) is 9.10. The third-order valence-electron chi connectivity index (χ3n) is 4.02. The zero-order valence-corrected chi connectivity index (χ0v) is 18.1. The van der Waals surface area contributed by atoms with Gasteiger partial charge < -0.3 is 10.6 Å². The summed E-state index contributed by atoms with van der Waals surface area (Å²) < 4.78 is 15.1. The van der Waals surface area contributed by atoms with Gasteiger partial charge in [0.2, 0.25) is 0 Å². The van der Waals surface area contributed by atoms with Gasteiger partial charge in [0, 0.05) is 19.3 Å². The van der Waals surface area contributed by atoms with Crippen molar-refractivity contribution in [2.45, 2.75) is 19.9 Å². The zero-order valence-electron chi connectivity index (χ0n) is 15.8. The molecule has 0 saturated heterocycles. The molecule has 2 aromatic carbocycles. The van der Waals surface area contributed by atoms with Crippen molar-refractivity contribution in [1.82, 2.24) is 20.4 Å². The first kappa shape index (κ1) is 21.9. The number of hydrogen-bond acceptors (Lipinski definition) is 2. The van der Waals surface area contributed by atoms with Crippen LogP contribution in [0.5, 0.6) is 0 Å². The van der Waals surface area contributed by atoms with Crippen LogP contribution in [-0.4, -0.2) is 28.8 Å². The largest absolute Gasteiger partial charge is 0.357 e. The Morgan fingerprint density at radius 1 is 1.07 bits per heavy atom. The van der Waals surface area contributed by atoms with Crippen LogP contribution >= 0.6 is 24.0 Å². The summed E-state index contributed by atoms with van der Waals surface area (Å²) in [6, 6.07) is 16.5. The molecule has 148 valence electrons. The van der Waals surface area contributed by atoms with Crippen LogP contribution < -0.4 is 10.6 Å². The first-order chi connectivity index (χ1) is 13.2. The van der Waals surface area contributed by atoms with Gasteiger partial charge >= 0.3 is 0 Å². The number of benzene rings is 2. The van der Waals surface area contributed by atoms with Crippen molar-refractivity contribution in [3.8, 4) is 5.69 Å². The topological polar surface area (TPSA) is 54.2 Å². The summed E-state index contributed by atoms with van der Waals surface area (Å²) in [6.45, 7) is 3.94. The lowest BCUT2D eigenvalue weighted by Crippen LogP contribution is -2.38. The molecule has 0 amide bonds. The fraction of sp³-hybridized carbons (Fsp3) is 0.238. The monoisotopic (exact) mass is 493 g/mol. The summed E-state index contributed by atoms with van der Waals surface area (Å²) in [5.74, 6) is 0.480. The molecule has 0 saturated carbocycles. The van der Waals surface area contributed by atoms with Gasteiger partial charge in [0.05, 0.1) is 18.4 Å². The van der Waals surface area contributed by atoms with E-state index < -0.39 is 0 Å². The number of aromatic nitrogens is 2. The molecule has 7 heteroatoms. The molecule has 3 aromatic rings. The van der Waals surface area contributed by atoms with Crippen LogP contribution in [-0.2, 0) is 13.0 Å². The molecule has 0 unspecified atom stereocenters. The van der Waals surface area contributed by atoms with Gasteiger partial charge in [0.1, 0.15) is 5.82 Å². The molecule has 0 spiro atoms. The van der Waals surface area contributed by atoms with Crippen LogP contribution in [0.15, 0.2) is 72.0 Å². The van der Waals surface area contributed by atoms with Crippen molar-refractivity contribution in [3.63, 3.8) is 0 Å². The van der Waals surface area contributed by atoms with Gasteiger partial charge in [0.25, 0.3) is 0 Å². The maximum atomic E-state index is 13.3. The fourth-order valence-electron chi connectivity index (χ4n) is 2.68. The minimum atomic E-state index is -0.240. The Bertz CT molecular complexity index is 879. The van der Waals surface area contributed by atoms with Gasteiger partial charge in [-0.15, -0.1) is 24.0 Å². The highest BCUT2D eigenvalue weighted by atomic mass is 127. The van der Waals surface area contributed by atoms with E-state index in [1.54, 1.807) is 6.07 Å². The SMILES string of the molecule is CCNC(=NCc1cccc(F)c1)NCCc1cnn(-c2ccccc2)c1.I. The molecule has 0 aliphatic rings. The lowest BCUT2D eigenvalue weighted by atomic mass is 10.2. The Morgan fingerprint density at radius 2 is 1.89 bits per heavy atom. The van der Waals surface area contributed by atoms with E-state index in [9.17, 15) is 4.39 Å². The van der Waals surface area contributed by atoms with Crippen molar-refractivity contribution < 1.29 is 4.39 Å². The van der Waals surface area contributed by atoms with Gasteiger partial charge in [-0.25, -0.2) is 14.1 Å². The smallest absolute Gasteiger partial charge is 0.191 e. The highest BCUT2D eigenvalue weighted by molar-refractivity contribution is 14.0. The Labute approximate surface area is 182 Å². The predicted octanol–water partition coefficient (Wildman–Crippen LogP) is 3.93. The average Bonchev–Trinajstić information content (AvgIpc) is 3.16. The fourth-order valence-corrected chi connectivity index (χ4v) is 2.68. The second-order valence-electron chi connectivity index (χ2n) is 6.13. The summed E-state index contributed by atoms with van der Waals surface area (Å²) in [7, 11) is 0. The first-order valence-electron chi connectivity index (χ1n) is 9.10. The third kappa shape index (κ3) is 6.63. The van der Waals surface area contributed by atoms with Gasteiger partial charge in [-0.1, -0.05) is 30.3 Å². The maximum absolute atomic E-state index is 13.3. The van der Waals surface area contributed by atoms with Crippen LogP contribution in [0.4, 0.5) is 4.39 Å². The standard InChI is InChI=1S/C21H24FN5.HI/c1-2-23-21(25-14-17-7-6-8-19(22)13-17)24-12-11-18-15-26-27(16-18)20-9-4-3-5-10-20;/h3-10,13,15-16H,2,11-12,14H2,1H3,(H2,23,24,25);1H. The van der Waals surface area contributed by atoms with Gasteiger partial charge in [-0.3, -0.25) is 0 Å². The van der Waals surface area contributed by atoms with Crippen molar-refractivity contribution in [3.05, 3.63) is 83.9 Å². The number of rotatable bonds is 7. The molecular weight excluding hydrogens is 468 g/mol. The highest BCUT2D eigenvalue weighted by Gasteiger charge is 2.02. The molecule has 1 heterocycles. The number of hydrogen-bond donors (Lipinski definition) is 2. The quantitative estimate of drug-likeness (QED) is 0.298. The van der Waals surface area contributed by atoms with Crippen molar-refractivity contribution in [1.29, 1.82) is 0 Å². The van der Waals surface area contributed by atoms with Crippen molar-refractivity contribution in [2.24, 2.45) is 4.99 Å². The Kier molecular flexibility index (Phi) is 8.93. The summed E-state index contributed by atoms with van der Waals surface area (Å²) >= 11 is 0. The van der Waals surface area contributed by atoms with Crippen LogP contribution in [0.2, 0.25) is 0 Å². The van der Waals surface area contributed by atoms with Crippen molar-refractivity contribution in [2.75, 3.05) is 13.1 Å². The number of guanidine groups is 1. The minimum absolute atomic E-state index is 0. The van der Waals surface area contributed by atoms with Crippen LogP contribution in [0, 0.1) is 5.82 Å². The van der Waals surface area contributed by atoms with Crippen LogP contribution in [0.25, 0.3) is 5.69 Å². The third-order valence-corrected chi connectivity index (χ3v) is 4.02. The van der Waals surface area contributed by atoms with E-state index in [-0.39, 0.29) is 29.8 Å². The van der Waals surface area contributed by atoms with E-state index in [4.69, 9.17) is 0 Å². The molecular formula is C21H25FIN5. The normalized spacial score (nSPS) is 11.0. The molecule has 0 bridgehead atoms. The van der Waals surface area contributed by atoms with Gasteiger partial charge in [-0.05, 0) is 48.7 Å².